The van der Waals surface area contributed by atoms with Crippen molar-refractivity contribution in [3.8, 4) is 0 Å². The normalized spacial score (nSPS) is 14.1. The van der Waals surface area contributed by atoms with Crippen molar-refractivity contribution in [1.82, 2.24) is 16.0 Å². The first kappa shape index (κ1) is 9.76. The zero-order chi connectivity index (χ0) is 7.98. The Morgan fingerprint density at radius 3 is 2.70 bits per heavy atom. The lowest BCUT2D eigenvalue weighted by atomic mass is 10.6. The number of nitrogens with two attached hydrogens (primary N) is 1. The average Bonchev–Trinajstić information content (AvgIpc) is 1.98. The lowest BCUT2D eigenvalue weighted by Gasteiger charge is -2.22. The van der Waals surface area contributed by atoms with E-state index in [2.05, 4.69) is 5.43 Å². The molecule has 0 saturated carbocycles. The smallest absolute Gasteiger partial charge is 0.109 e. The minimum absolute atomic E-state index is 0.00580. The zero-order valence-corrected chi connectivity index (χ0v) is 5.91. The van der Waals surface area contributed by atoms with Crippen LogP contribution in [0.15, 0.2) is 0 Å². The molecule has 0 amide bonds. The summed E-state index contributed by atoms with van der Waals surface area (Å²) in [4.78, 5) is 0. The second-order valence-electron chi connectivity index (χ2n) is 1.84. The van der Waals surface area contributed by atoms with Crippen molar-refractivity contribution in [3.63, 3.8) is 0 Å². The SMILES string of the molecule is CC(NO)N(N)NCCO. The summed E-state index contributed by atoms with van der Waals surface area (Å²) in [5, 5.41) is 17.8. The van der Waals surface area contributed by atoms with E-state index < -0.39 is 0 Å². The van der Waals surface area contributed by atoms with Crippen molar-refractivity contribution in [2.24, 2.45) is 5.84 Å². The molecule has 0 fully saturated rings. The van der Waals surface area contributed by atoms with Crippen molar-refractivity contribution in [3.05, 3.63) is 0 Å². The van der Waals surface area contributed by atoms with Gasteiger partial charge in [-0.05, 0) is 6.92 Å². The highest BCUT2D eigenvalue weighted by atomic mass is 16.5. The number of hydroxylamine groups is 1. The Morgan fingerprint density at radius 2 is 2.30 bits per heavy atom. The molecular formula is C4H14N4O2. The van der Waals surface area contributed by atoms with Gasteiger partial charge in [-0.3, -0.25) is 5.84 Å². The maximum absolute atomic E-state index is 8.34. The number of hydrogen-bond donors (Lipinski definition) is 5. The first-order valence-corrected chi connectivity index (χ1v) is 3.00. The molecule has 0 saturated heterocycles. The number of hydrazine groups is 2. The van der Waals surface area contributed by atoms with Gasteiger partial charge in [-0.15, -0.1) is 0 Å². The maximum atomic E-state index is 8.34. The van der Waals surface area contributed by atoms with Gasteiger partial charge >= 0.3 is 0 Å². The first-order chi connectivity index (χ1) is 4.72. The zero-order valence-electron chi connectivity index (χ0n) is 5.91. The molecular weight excluding hydrogens is 136 g/mol. The second-order valence-corrected chi connectivity index (χ2v) is 1.84. The molecule has 10 heavy (non-hydrogen) atoms. The van der Waals surface area contributed by atoms with Gasteiger partial charge in [-0.25, -0.2) is 5.43 Å². The number of nitrogens with zero attached hydrogens (tertiary/aromatic N) is 1. The predicted octanol–water partition coefficient (Wildman–Crippen LogP) is -2.02. The van der Waals surface area contributed by atoms with Gasteiger partial charge in [0.2, 0.25) is 0 Å². The van der Waals surface area contributed by atoms with Crippen LogP contribution in [0.1, 0.15) is 6.92 Å². The highest BCUT2D eigenvalue weighted by Crippen LogP contribution is 1.78. The van der Waals surface area contributed by atoms with Gasteiger partial charge in [0.05, 0.1) is 6.61 Å². The number of rotatable bonds is 5. The molecule has 62 valence electrons. The number of aliphatic hydroxyl groups is 1. The molecule has 0 aromatic carbocycles. The van der Waals surface area contributed by atoms with Crippen molar-refractivity contribution in [2.75, 3.05) is 13.2 Å². The summed E-state index contributed by atoms with van der Waals surface area (Å²) in [6.45, 7) is 2.03. The summed E-state index contributed by atoms with van der Waals surface area (Å²) >= 11 is 0. The molecule has 0 aromatic rings. The van der Waals surface area contributed by atoms with Crippen molar-refractivity contribution >= 4 is 0 Å². The number of hydrogen-bond acceptors (Lipinski definition) is 6. The van der Waals surface area contributed by atoms with Gasteiger partial charge in [-0.2, -0.15) is 10.6 Å². The summed E-state index contributed by atoms with van der Waals surface area (Å²) in [7, 11) is 0. The molecule has 0 aliphatic heterocycles. The minimum atomic E-state index is -0.383. The molecule has 0 spiro atoms. The summed E-state index contributed by atoms with van der Waals surface area (Å²) in [5.74, 6) is 5.30. The third-order valence-corrected chi connectivity index (χ3v) is 1.01. The lowest BCUT2D eigenvalue weighted by molar-refractivity contribution is 0.00861. The average molecular weight is 150 g/mol. The highest BCUT2D eigenvalue weighted by Gasteiger charge is 2.04. The van der Waals surface area contributed by atoms with E-state index in [0.717, 1.165) is 5.12 Å². The van der Waals surface area contributed by atoms with Crippen LogP contribution in [0, 0.1) is 0 Å². The van der Waals surface area contributed by atoms with Gasteiger partial charge in [-0.1, -0.05) is 0 Å². The molecule has 0 bridgehead atoms. The summed E-state index contributed by atoms with van der Waals surface area (Å²) in [6, 6.07) is 0. The molecule has 0 aromatic heterocycles. The van der Waals surface area contributed by atoms with Gasteiger partial charge in [0.1, 0.15) is 6.17 Å². The highest BCUT2D eigenvalue weighted by molar-refractivity contribution is 4.46. The molecule has 0 aliphatic rings. The molecule has 6 nitrogen and oxygen atoms in total. The lowest BCUT2D eigenvalue weighted by Crippen LogP contribution is -2.55. The molecule has 1 unspecified atom stereocenters. The van der Waals surface area contributed by atoms with Crippen LogP contribution in [0.25, 0.3) is 0 Å². The fourth-order valence-corrected chi connectivity index (χ4v) is 0.378. The first-order valence-electron chi connectivity index (χ1n) is 3.00. The Hall–Kier alpha value is -0.240. The molecule has 0 heterocycles. The van der Waals surface area contributed by atoms with Gasteiger partial charge in [0.15, 0.2) is 0 Å². The third-order valence-electron chi connectivity index (χ3n) is 1.01. The van der Waals surface area contributed by atoms with Crippen LogP contribution in [0.5, 0.6) is 0 Å². The van der Waals surface area contributed by atoms with Crippen LogP contribution < -0.4 is 16.7 Å². The number of aliphatic hydroxyl groups excluding tert-OH is 1. The Morgan fingerprint density at radius 1 is 1.70 bits per heavy atom. The molecule has 0 rings (SSSR count). The van der Waals surface area contributed by atoms with Crippen molar-refractivity contribution in [1.29, 1.82) is 0 Å². The van der Waals surface area contributed by atoms with Crippen LogP contribution in [0.4, 0.5) is 0 Å². The Balaban J connectivity index is 3.31. The standard InChI is InChI=1S/C4H14N4O2/c1-4(7-10)8(5)6-2-3-9/h4,6-7,9-10H,2-3,5H2,1H3. The minimum Gasteiger partial charge on any atom is -0.395 e. The predicted molar refractivity (Wildman–Crippen MR) is 35.5 cm³/mol. The van der Waals surface area contributed by atoms with E-state index in [-0.39, 0.29) is 12.8 Å². The van der Waals surface area contributed by atoms with Crippen LogP contribution in [0.2, 0.25) is 0 Å². The van der Waals surface area contributed by atoms with E-state index in [4.69, 9.17) is 16.2 Å². The third kappa shape index (κ3) is 3.72. The van der Waals surface area contributed by atoms with E-state index in [1.807, 2.05) is 5.48 Å². The fourth-order valence-electron chi connectivity index (χ4n) is 0.378. The van der Waals surface area contributed by atoms with Crippen molar-refractivity contribution < 1.29 is 10.3 Å². The molecule has 6 heteroatoms. The molecule has 6 N–H and O–H groups in total. The summed E-state index contributed by atoms with van der Waals surface area (Å²) in [6.07, 6.45) is -0.383. The Kier molecular flexibility index (Phi) is 5.40. The van der Waals surface area contributed by atoms with Gasteiger partial charge < -0.3 is 10.3 Å². The maximum Gasteiger partial charge on any atom is 0.109 e. The molecule has 0 aliphatic carbocycles. The second kappa shape index (κ2) is 5.54. The quantitative estimate of drug-likeness (QED) is 0.176. The van der Waals surface area contributed by atoms with E-state index in [1.54, 1.807) is 6.92 Å². The van der Waals surface area contributed by atoms with E-state index in [1.165, 1.54) is 0 Å². The van der Waals surface area contributed by atoms with E-state index >= 15 is 0 Å². The molecule has 0 radical (unpaired) electrons. The Bertz CT molecular complexity index is 81.7. The van der Waals surface area contributed by atoms with Gasteiger partial charge in [0, 0.05) is 6.54 Å². The number of nitrogens with one attached hydrogen (secondary N) is 2. The van der Waals surface area contributed by atoms with Crippen LogP contribution in [-0.4, -0.2) is 34.7 Å². The van der Waals surface area contributed by atoms with E-state index in [0.29, 0.717) is 6.54 Å². The Labute approximate surface area is 59.5 Å². The van der Waals surface area contributed by atoms with Crippen LogP contribution in [0.3, 0.4) is 0 Å². The van der Waals surface area contributed by atoms with E-state index in [9.17, 15) is 0 Å². The summed E-state index contributed by atoms with van der Waals surface area (Å²) in [5.41, 5.74) is 4.55. The molecule has 1 atom stereocenters. The van der Waals surface area contributed by atoms with Crippen LogP contribution in [-0.2, 0) is 0 Å². The summed E-state index contributed by atoms with van der Waals surface area (Å²) < 4.78 is 0. The van der Waals surface area contributed by atoms with Gasteiger partial charge in [0.25, 0.3) is 0 Å². The monoisotopic (exact) mass is 150 g/mol. The topological polar surface area (TPSA) is 93.8 Å². The van der Waals surface area contributed by atoms with Crippen LogP contribution >= 0.6 is 0 Å². The van der Waals surface area contributed by atoms with Crippen molar-refractivity contribution in [2.45, 2.75) is 13.1 Å². The largest absolute Gasteiger partial charge is 0.395 e. The fraction of sp³-hybridized carbons (Fsp3) is 1.00.